The van der Waals surface area contributed by atoms with Crippen molar-refractivity contribution in [3.05, 3.63) is 18.2 Å². The fourth-order valence-corrected chi connectivity index (χ4v) is 0.544. The fraction of sp³-hybridized carbons (Fsp3) is 0.500. The molecule has 0 atom stereocenters. The highest BCUT2D eigenvalue weighted by molar-refractivity contribution is 4.82. The normalized spacial score (nSPS) is 10.7. The topological polar surface area (TPSA) is 17.8 Å². The second-order valence-electron chi connectivity index (χ2n) is 2.16. The van der Waals surface area contributed by atoms with Crippen molar-refractivity contribution in [2.45, 2.75) is 19.9 Å². The van der Waals surface area contributed by atoms with Gasteiger partial charge in [-0.25, -0.2) is 4.39 Å². The van der Waals surface area contributed by atoms with E-state index >= 15 is 0 Å². The molecule has 49 valence electrons. The van der Waals surface area contributed by atoms with Gasteiger partial charge in [0, 0.05) is 6.04 Å². The van der Waals surface area contributed by atoms with Gasteiger partial charge in [-0.05, 0) is 13.8 Å². The molecule has 0 amide bonds. The van der Waals surface area contributed by atoms with E-state index in [2.05, 4.69) is 11.3 Å². The molecule has 0 aromatic carbocycles. The molecule has 1 aromatic heterocycles. The number of halogens is 1. The number of hydrogen-bond acceptors (Lipinski definition) is 1. The highest BCUT2D eigenvalue weighted by Gasteiger charge is 1.99. The van der Waals surface area contributed by atoms with E-state index in [0.29, 0.717) is 0 Å². The average Bonchev–Trinajstić information content (AvgIpc) is 2.14. The van der Waals surface area contributed by atoms with Gasteiger partial charge in [-0.1, -0.05) is 0 Å². The molecule has 0 aliphatic carbocycles. The molecule has 0 bridgehead atoms. The molecule has 2 nitrogen and oxygen atoms in total. The first-order valence-electron chi connectivity index (χ1n) is 2.82. The van der Waals surface area contributed by atoms with Gasteiger partial charge in [0.15, 0.2) is 12.0 Å². The zero-order chi connectivity index (χ0) is 6.85. The predicted molar refractivity (Wildman–Crippen MR) is 31.4 cm³/mol. The van der Waals surface area contributed by atoms with Crippen molar-refractivity contribution in [3.8, 4) is 0 Å². The van der Waals surface area contributed by atoms with Crippen LogP contribution in [0.1, 0.15) is 19.9 Å². The standard InChI is InChI=1S/C6H8FN2/c1-5(2)9-4-6(7)3-8-9/h4-5H,1-2H3. The fourth-order valence-electron chi connectivity index (χ4n) is 0.544. The maximum Gasteiger partial charge on any atom is 0.170 e. The minimum absolute atomic E-state index is 0.214. The van der Waals surface area contributed by atoms with E-state index in [9.17, 15) is 4.39 Å². The molecule has 0 saturated heterocycles. The Labute approximate surface area is 53.3 Å². The molecule has 3 heteroatoms. The van der Waals surface area contributed by atoms with Crippen LogP contribution in [0.2, 0.25) is 0 Å². The summed E-state index contributed by atoms with van der Waals surface area (Å²) >= 11 is 0. The molecule has 0 aliphatic heterocycles. The minimum atomic E-state index is -0.399. The van der Waals surface area contributed by atoms with Crippen molar-refractivity contribution in [1.82, 2.24) is 9.78 Å². The summed E-state index contributed by atoms with van der Waals surface area (Å²) in [5.41, 5.74) is 0. The highest BCUT2D eigenvalue weighted by Crippen LogP contribution is 2.01. The molecular weight excluding hydrogens is 119 g/mol. The summed E-state index contributed by atoms with van der Waals surface area (Å²) in [5.74, 6) is -0.399. The van der Waals surface area contributed by atoms with Gasteiger partial charge in [0.05, 0.1) is 6.20 Å². The van der Waals surface area contributed by atoms with Gasteiger partial charge in [0.25, 0.3) is 0 Å². The SMILES string of the molecule is CC(C)n1cc(F)[c]n1. The summed E-state index contributed by atoms with van der Waals surface area (Å²) in [6, 6.07) is 0.214. The minimum Gasteiger partial charge on any atom is -0.267 e. The van der Waals surface area contributed by atoms with Crippen LogP contribution >= 0.6 is 0 Å². The maximum absolute atomic E-state index is 12.1. The molecule has 0 N–H and O–H groups in total. The summed E-state index contributed by atoms with van der Waals surface area (Å²) in [6.07, 6.45) is 3.52. The zero-order valence-electron chi connectivity index (χ0n) is 5.43. The lowest BCUT2D eigenvalue weighted by Crippen LogP contribution is -1.99. The van der Waals surface area contributed by atoms with Crippen molar-refractivity contribution in [2.75, 3.05) is 0 Å². The van der Waals surface area contributed by atoms with Gasteiger partial charge in [0.2, 0.25) is 0 Å². The third kappa shape index (κ3) is 1.28. The Balaban J connectivity index is 2.85. The monoisotopic (exact) mass is 127 g/mol. The highest BCUT2D eigenvalue weighted by atomic mass is 19.1. The summed E-state index contributed by atoms with van der Waals surface area (Å²) in [5, 5.41) is 3.63. The molecule has 9 heavy (non-hydrogen) atoms. The largest absolute Gasteiger partial charge is 0.267 e. The van der Waals surface area contributed by atoms with Crippen molar-refractivity contribution >= 4 is 0 Å². The molecule has 0 saturated carbocycles. The van der Waals surface area contributed by atoms with E-state index in [4.69, 9.17) is 0 Å². The van der Waals surface area contributed by atoms with Crippen molar-refractivity contribution in [1.29, 1.82) is 0 Å². The van der Waals surface area contributed by atoms with E-state index in [1.54, 1.807) is 0 Å². The number of nitrogens with zero attached hydrogens (tertiary/aromatic N) is 2. The van der Waals surface area contributed by atoms with E-state index in [-0.39, 0.29) is 6.04 Å². The van der Waals surface area contributed by atoms with Crippen LogP contribution in [0.25, 0.3) is 0 Å². The molecule has 1 radical (unpaired) electrons. The summed E-state index contributed by atoms with van der Waals surface area (Å²) < 4.78 is 13.7. The molecule has 1 rings (SSSR count). The van der Waals surface area contributed by atoms with Crippen molar-refractivity contribution in [2.24, 2.45) is 0 Å². The Kier molecular flexibility index (Phi) is 1.51. The van der Waals surface area contributed by atoms with E-state index in [0.717, 1.165) is 0 Å². The van der Waals surface area contributed by atoms with Gasteiger partial charge in [0.1, 0.15) is 0 Å². The molecule has 1 heterocycles. The molecule has 0 fully saturated rings. The lowest BCUT2D eigenvalue weighted by atomic mass is 10.4. The summed E-state index contributed by atoms with van der Waals surface area (Å²) in [4.78, 5) is 0. The summed E-state index contributed by atoms with van der Waals surface area (Å²) in [7, 11) is 0. The first-order chi connectivity index (χ1) is 4.20. The number of aromatic nitrogens is 2. The van der Waals surface area contributed by atoms with Crippen LogP contribution < -0.4 is 0 Å². The second-order valence-corrected chi connectivity index (χ2v) is 2.16. The molecule has 0 unspecified atom stereocenters. The maximum atomic E-state index is 12.1. The van der Waals surface area contributed by atoms with Gasteiger partial charge in [-0.15, -0.1) is 0 Å². The molecule has 0 aliphatic rings. The van der Waals surface area contributed by atoms with E-state index in [1.165, 1.54) is 10.9 Å². The van der Waals surface area contributed by atoms with E-state index < -0.39 is 5.82 Å². The van der Waals surface area contributed by atoms with Crippen LogP contribution in [0.15, 0.2) is 6.20 Å². The smallest absolute Gasteiger partial charge is 0.170 e. The van der Waals surface area contributed by atoms with Crippen LogP contribution in [-0.4, -0.2) is 9.78 Å². The Bertz CT molecular complexity index is 193. The van der Waals surface area contributed by atoms with Crippen LogP contribution in [-0.2, 0) is 0 Å². The van der Waals surface area contributed by atoms with Crippen LogP contribution in [0.3, 0.4) is 0 Å². The van der Waals surface area contributed by atoms with E-state index in [1.807, 2.05) is 13.8 Å². The zero-order valence-corrected chi connectivity index (χ0v) is 5.43. The average molecular weight is 127 g/mol. The third-order valence-corrected chi connectivity index (χ3v) is 1.05. The number of hydrogen-bond donors (Lipinski definition) is 0. The predicted octanol–water partition coefficient (Wildman–Crippen LogP) is 1.40. The summed E-state index contributed by atoms with van der Waals surface area (Å²) in [6.45, 7) is 3.86. The van der Waals surface area contributed by atoms with Gasteiger partial charge < -0.3 is 0 Å². The van der Waals surface area contributed by atoms with Crippen molar-refractivity contribution in [3.63, 3.8) is 0 Å². The molecule has 1 aromatic rings. The van der Waals surface area contributed by atoms with Gasteiger partial charge in [-0.3, -0.25) is 4.68 Å². The lowest BCUT2D eigenvalue weighted by Gasteiger charge is -2.01. The molecule has 0 spiro atoms. The Hall–Kier alpha value is -0.860. The van der Waals surface area contributed by atoms with Crippen LogP contribution in [0.4, 0.5) is 4.39 Å². The number of rotatable bonds is 1. The van der Waals surface area contributed by atoms with Crippen molar-refractivity contribution < 1.29 is 4.39 Å². The van der Waals surface area contributed by atoms with Crippen LogP contribution in [0.5, 0.6) is 0 Å². The Morgan fingerprint density at radius 1 is 1.78 bits per heavy atom. The molecular formula is C6H8FN2. The lowest BCUT2D eigenvalue weighted by molar-refractivity contribution is 0.526. The quantitative estimate of drug-likeness (QED) is 0.557. The third-order valence-electron chi connectivity index (χ3n) is 1.05. The Morgan fingerprint density at radius 2 is 2.44 bits per heavy atom. The first kappa shape index (κ1) is 6.26. The van der Waals surface area contributed by atoms with Gasteiger partial charge >= 0.3 is 0 Å². The first-order valence-corrected chi connectivity index (χ1v) is 2.82. The van der Waals surface area contributed by atoms with Crippen LogP contribution in [0, 0.1) is 12.0 Å². The van der Waals surface area contributed by atoms with Gasteiger partial charge in [-0.2, -0.15) is 5.10 Å². The second kappa shape index (κ2) is 2.17. The Morgan fingerprint density at radius 3 is 2.67 bits per heavy atom.